The van der Waals surface area contributed by atoms with Gasteiger partial charge in [0, 0.05) is 31.3 Å². The molecule has 0 aliphatic carbocycles. The van der Waals surface area contributed by atoms with E-state index in [4.69, 9.17) is 26.8 Å². The van der Waals surface area contributed by atoms with Crippen molar-refractivity contribution in [3.63, 3.8) is 0 Å². The predicted molar refractivity (Wildman–Crippen MR) is 89.2 cm³/mol. The van der Waals surface area contributed by atoms with Crippen molar-refractivity contribution in [1.29, 1.82) is 0 Å². The second-order valence-corrected chi connectivity index (χ2v) is 5.55. The first kappa shape index (κ1) is 19.0. The molecule has 1 aliphatic rings. The molecule has 7 heteroatoms. The Kier molecular flexibility index (Phi) is 7.96. The van der Waals surface area contributed by atoms with Crippen LogP contribution in [0.5, 0.6) is 5.75 Å². The lowest BCUT2D eigenvalue weighted by Crippen LogP contribution is -2.43. The highest BCUT2D eigenvalue weighted by molar-refractivity contribution is 6.31. The van der Waals surface area contributed by atoms with E-state index in [-0.39, 0.29) is 24.4 Å². The molecular weight excluding hydrogens is 327 g/mol. The fourth-order valence-corrected chi connectivity index (χ4v) is 2.48. The normalized spacial score (nSPS) is 15.3. The van der Waals surface area contributed by atoms with E-state index in [1.165, 1.54) is 0 Å². The van der Waals surface area contributed by atoms with Gasteiger partial charge in [-0.15, -0.1) is 12.4 Å². The molecule has 1 saturated heterocycles. The zero-order chi connectivity index (χ0) is 15.2. The molecule has 0 atom stereocenters. The molecule has 0 radical (unpaired) electrons. The van der Waals surface area contributed by atoms with Gasteiger partial charge in [0.1, 0.15) is 12.4 Å². The van der Waals surface area contributed by atoms with Crippen LogP contribution in [0.1, 0.15) is 23.2 Å². The summed E-state index contributed by atoms with van der Waals surface area (Å²) in [6, 6.07) is 5.28. The molecule has 0 bridgehead atoms. The summed E-state index contributed by atoms with van der Waals surface area (Å²) in [5.74, 6) is 0.480. The van der Waals surface area contributed by atoms with Gasteiger partial charge in [0.15, 0.2) is 0 Å². The lowest BCUT2D eigenvalue weighted by Gasteiger charge is -2.30. The highest BCUT2D eigenvalue weighted by Gasteiger charge is 2.24. The number of hydrogen-bond donors (Lipinski definition) is 1. The Morgan fingerprint density at radius 3 is 2.68 bits per heavy atom. The van der Waals surface area contributed by atoms with E-state index < -0.39 is 0 Å². The summed E-state index contributed by atoms with van der Waals surface area (Å²) in [6.45, 7) is 2.20. The van der Waals surface area contributed by atoms with Crippen molar-refractivity contribution in [3.8, 4) is 5.75 Å². The smallest absolute Gasteiger partial charge is 0.257 e. The van der Waals surface area contributed by atoms with E-state index in [1.54, 1.807) is 30.2 Å². The van der Waals surface area contributed by atoms with Gasteiger partial charge >= 0.3 is 0 Å². The van der Waals surface area contributed by atoms with Gasteiger partial charge in [-0.25, -0.2) is 0 Å². The number of carbonyl (C=O) groups is 1. The summed E-state index contributed by atoms with van der Waals surface area (Å²) >= 11 is 6.01. The molecule has 1 aromatic rings. The molecule has 124 valence electrons. The van der Waals surface area contributed by atoms with Crippen molar-refractivity contribution in [1.82, 2.24) is 4.90 Å². The van der Waals surface area contributed by atoms with E-state index in [9.17, 15) is 4.79 Å². The first-order valence-electron chi connectivity index (χ1n) is 7.08. The van der Waals surface area contributed by atoms with Gasteiger partial charge in [0.05, 0.1) is 12.2 Å². The minimum atomic E-state index is -0.0585. The molecule has 1 aliphatic heterocycles. The van der Waals surface area contributed by atoms with Gasteiger partial charge in [-0.1, -0.05) is 11.6 Å². The van der Waals surface area contributed by atoms with Crippen LogP contribution >= 0.6 is 24.0 Å². The number of benzene rings is 1. The molecule has 1 heterocycles. The third-order valence-corrected chi connectivity index (χ3v) is 3.78. The van der Waals surface area contributed by atoms with Gasteiger partial charge in [-0.3, -0.25) is 4.79 Å². The van der Waals surface area contributed by atoms with Crippen molar-refractivity contribution in [2.24, 2.45) is 5.73 Å². The summed E-state index contributed by atoms with van der Waals surface area (Å²) < 4.78 is 10.6. The summed E-state index contributed by atoms with van der Waals surface area (Å²) in [5, 5.41) is 0.520. The highest BCUT2D eigenvalue weighted by atomic mass is 35.5. The molecule has 2 N–H and O–H groups in total. The van der Waals surface area contributed by atoms with Crippen LogP contribution in [0.25, 0.3) is 0 Å². The lowest BCUT2D eigenvalue weighted by molar-refractivity contribution is 0.0708. The maximum Gasteiger partial charge on any atom is 0.257 e. The second kappa shape index (κ2) is 9.20. The minimum absolute atomic E-state index is 0. The number of methoxy groups -OCH3 is 1. The van der Waals surface area contributed by atoms with Crippen LogP contribution in [0.4, 0.5) is 0 Å². The van der Waals surface area contributed by atoms with Crippen LogP contribution in [-0.2, 0) is 4.74 Å². The van der Waals surface area contributed by atoms with Gasteiger partial charge < -0.3 is 20.1 Å². The Morgan fingerprint density at radius 2 is 2.05 bits per heavy atom. The number of ether oxygens (including phenoxy) is 2. The first-order valence-corrected chi connectivity index (χ1v) is 7.45. The van der Waals surface area contributed by atoms with Gasteiger partial charge in [-0.05, 0) is 31.0 Å². The number of hydrogen-bond acceptors (Lipinski definition) is 4. The number of piperidine rings is 1. The summed E-state index contributed by atoms with van der Waals surface area (Å²) in [5.41, 5.74) is 6.37. The third-order valence-electron chi connectivity index (χ3n) is 3.54. The summed E-state index contributed by atoms with van der Waals surface area (Å²) in [4.78, 5) is 14.4. The number of rotatable bonds is 5. The fourth-order valence-electron chi connectivity index (χ4n) is 2.30. The molecule has 1 fully saturated rings. The standard InChI is InChI=1S/C15H21ClN2O3.ClH/c1-20-8-9-21-14-3-2-11(16)10-13(14)15(19)18-6-4-12(17)5-7-18;/h2-3,10,12H,4-9,17H2,1H3;1H. The van der Waals surface area contributed by atoms with Crippen LogP contribution in [0.15, 0.2) is 18.2 Å². The van der Waals surface area contributed by atoms with E-state index >= 15 is 0 Å². The number of nitrogens with two attached hydrogens (primary N) is 1. The number of amides is 1. The van der Waals surface area contributed by atoms with Gasteiger partial charge in [-0.2, -0.15) is 0 Å². The maximum absolute atomic E-state index is 12.6. The van der Waals surface area contributed by atoms with Crippen LogP contribution in [-0.4, -0.2) is 50.3 Å². The van der Waals surface area contributed by atoms with Gasteiger partial charge in [0.25, 0.3) is 5.91 Å². The molecule has 5 nitrogen and oxygen atoms in total. The predicted octanol–water partition coefficient (Wildman–Crippen LogP) is 2.35. The third kappa shape index (κ3) is 5.02. The number of likely N-dealkylation sites (tertiary alicyclic amines) is 1. The lowest BCUT2D eigenvalue weighted by atomic mass is 10.0. The number of nitrogens with zero attached hydrogens (tertiary/aromatic N) is 1. The molecule has 0 unspecified atom stereocenters. The molecule has 1 amide bonds. The molecule has 0 saturated carbocycles. The molecule has 1 aromatic carbocycles. The fraction of sp³-hybridized carbons (Fsp3) is 0.533. The van der Waals surface area contributed by atoms with Crippen molar-refractivity contribution in [3.05, 3.63) is 28.8 Å². The summed E-state index contributed by atoms with van der Waals surface area (Å²) in [6.07, 6.45) is 1.65. The zero-order valence-electron chi connectivity index (χ0n) is 12.6. The molecular formula is C15H22Cl2N2O3. The van der Waals surface area contributed by atoms with E-state index in [0.717, 1.165) is 12.8 Å². The van der Waals surface area contributed by atoms with Crippen LogP contribution in [0.3, 0.4) is 0 Å². The zero-order valence-corrected chi connectivity index (χ0v) is 14.2. The van der Waals surface area contributed by atoms with Crippen LogP contribution < -0.4 is 10.5 Å². The van der Waals surface area contributed by atoms with Crippen LogP contribution in [0, 0.1) is 0 Å². The van der Waals surface area contributed by atoms with Crippen molar-refractivity contribution < 1.29 is 14.3 Å². The Labute approximate surface area is 142 Å². The van der Waals surface area contributed by atoms with Gasteiger partial charge in [0.2, 0.25) is 0 Å². The van der Waals surface area contributed by atoms with E-state index in [2.05, 4.69) is 0 Å². The largest absolute Gasteiger partial charge is 0.490 e. The van der Waals surface area contributed by atoms with E-state index in [0.29, 0.717) is 42.6 Å². The highest BCUT2D eigenvalue weighted by Crippen LogP contribution is 2.25. The quantitative estimate of drug-likeness (QED) is 0.829. The number of carbonyl (C=O) groups excluding carboxylic acids is 1. The second-order valence-electron chi connectivity index (χ2n) is 5.11. The monoisotopic (exact) mass is 348 g/mol. The first-order chi connectivity index (χ1) is 10.1. The van der Waals surface area contributed by atoms with Crippen molar-refractivity contribution in [2.45, 2.75) is 18.9 Å². The average molecular weight is 349 g/mol. The SMILES string of the molecule is COCCOc1ccc(Cl)cc1C(=O)N1CCC(N)CC1.Cl. The van der Waals surface area contributed by atoms with Crippen LogP contribution in [0.2, 0.25) is 5.02 Å². The Balaban J connectivity index is 0.00000242. The average Bonchev–Trinajstić information content (AvgIpc) is 2.49. The molecule has 2 rings (SSSR count). The Hall–Kier alpha value is -1.01. The van der Waals surface area contributed by atoms with Crippen molar-refractivity contribution in [2.75, 3.05) is 33.4 Å². The molecule has 0 aromatic heterocycles. The summed E-state index contributed by atoms with van der Waals surface area (Å²) in [7, 11) is 1.61. The molecule has 0 spiro atoms. The topological polar surface area (TPSA) is 64.8 Å². The minimum Gasteiger partial charge on any atom is -0.490 e. The Bertz CT molecular complexity index is 492. The maximum atomic E-state index is 12.6. The van der Waals surface area contributed by atoms with Crippen molar-refractivity contribution >= 4 is 29.9 Å². The number of halogens is 2. The van der Waals surface area contributed by atoms with E-state index in [1.807, 2.05) is 0 Å². The Morgan fingerprint density at radius 1 is 1.36 bits per heavy atom. The molecule has 22 heavy (non-hydrogen) atoms.